The minimum Gasteiger partial charge on any atom is -0.507 e. The number of carbonyl (C=O) groups excluding carboxylic acids is 1. The van der Waals surface area contributed by atoms with E-state index in [4.69, 9.17) is 9.47 Å². The lowest BCUT2D eigenvalue weighted by molar-refractivity contribution is -0.159. The van der Waals surface area contributed by atoms with Crippen molar-refractivity contribution in [2.24, 2.45) is 5.41 Å². The van der Waals surface area contributed by atoms with Crippen LogP contribution < -0.4 is 4.74 Å². The van der Waals surface area contributed by atoms with Crippen LogP contribution in [0, 0.1) is 5.41 Å². The summed E-state index contributed by atoms with van der Waals surface area (Å²) < 4.78 is 11.1. The fourth-order valence-electron chi connectivity index (χ4n) is 3.29. The van der Waals surface area contributed by atoms with Crippen LogP contribution in [0.5, 0.6) is 11.5 Å². The molecule has 0 radical (unpaired) electrons. The first kappa shape index (κ1) is 20.3. The first-order valence-electron chi connectivity index (χ1n) is 9.55. The molecule has 4 heteroatoms. The Morgan fingerprint density at radius 2 is 2.04 bits per heavy atom. The van der Waals surface area contributed by atoms with Gasteiger partial charge in [-0.3, -0.25) is 4.79 Å². The van der Waals surface area contributed by atoms with Crippen LogP contribution in [0.3, 0.4) is 0 Å². The van der Waals surface area contributed by atoms with Crippen molar-refractivity contribution < 1.29 is 19.4 Å². The molecule has 2 rings (SSSR count). The Hall–Kier alpha value is -1.97. The van der Waals surface area contributed by atoms with Gasteiger partial charge in [-0.1, -0.05) is 25.0 Å². The van der Waals surface area contributed by atoms with Gasteiger partial charge in [0.25, 0.3) is 0 Å². The predicted molar refractivity (Wildman–Crippen MR) is 103 cm³/mol. The summed E-state index contributed by atoms with van der Waals surface area (Å²) in [7, 11) is 0. The average molecular weight is 360 g/mol. The lowest BCUT2D eigenvalue weighted by Crippen LogP contribution is -2.24. The molecular formula is C22H32O4. The van der Waals surface area contributed by atoms with Crippen molar-refractivity contribution in [1.29, 1.82) is 0 Å². The maximum Gasteiger partial charge on any atom is 0.314 e. The second kappa shape index (κ2) is 8.61. The lowest BCUT2D eigenvalue weighted by atomic mass is 9.84. The van der Waals surface area contributed by atoms with Crippen molar-refractivity contribution in [3.8, 4) is 11.5 Å². The molecule has 1 aromatic rings. The van der Waals surface area contributed by atoms with E-state index in [0.717, 1.165) is 43.2 Å². The van der Waals surface area contributed by atoms with Gasteiger partial charge in [-0.2, -0.15) is 0 Å². The normalized spacial score (nSPS) is 17.6. The van der Waals surface area contributed by atoms with Gasteiger partial charge in [0, 0.05) is 11.5 Å². The van der Waals surface area contributed by atoms with E-state index in [0.29, 0.717) is 5.75 Å². The molecule has 4 nitrogen and oxygen atoms in total. The summed E-state index contributed by atoms with van der Waals surface area (Å²) in [4.78, 5) is 12.0. The SMILES string of the molecule is CCCc1cc(O)c(C2C=C(C)CCC2)c(OCOC(=O)C(C)(C)C)c1. The zero-order chi connectivity index (χ0) is 19.3. The van der Waals surface area contributed by atoms with Gasteiger partial charge in [0.05, 0.1) is 5.41 Å². The van der Waals surface area contributed by atoms with E-state index in [1.807, 2.05) is 32.9 Å². The minimum absolute atomic E-state index is 0.132. The molecule has 0 heterocycles. The first-order chi connectivity index (χ1) is 12.2. The standard InChI is InChI=1S/C22H32O4/c1-6-8-16-12-18(23)20(17-10-7-9-15(2)11-17)19(13-16)25-14-26-21(24)22(3,4)5/h11-13,17,23H,6-10,14H2,1-5H3. The van der Waals surface area contributed by atoms with E-state index < -0.39 is 5.41 Å². The average Bonchev–Trinajstić information content (AvgIpc) is 2.54. The smallest absolute Gasteiger partial charge is 0.314 e. The summed E-state index contributed by atoms with van der Waals surface area (Å²) in [5.74, 6) is 0.712. The maximum absolute atomic E-state index is 12.0. The Balaban J connectivity index is 2.26. The van der Waals surface area contributed by atoms with Crippen molar-refractivity contribution in [2.75, 3.05) is 6.79 Å². The lowest BCUT2D eigenvalue weighted by Gasteiger charge is -2.24. The molecule has 0 aliphatic heterocycles. The number of benzene rings is 1. The number of esters is 1. The van der Waals surface area contributed by atoms with E-state index in [-0.39, 0.29) is 24.4 Å². The number of allylic oxidation sites excluding steroid dienone is 2. The Morgan fingerprint density at radius 1 is 1.31 bits per heavy atom. The van der Waals surface area contributed by atoms with Gasteiger partial charge in [-0.05, 0) is 71.1 Å². The Kier molecular flexibility index (Phi) is 6.74. The second-order valence-electron chi connectivity index (χ2n) is 8.23. The van der Waals surface area contributed by atoms with Crippen molar-refractivity contribution in [3.63, 3.8) is 0 Å². The van der Waals surface area contributed by atoms with E-state index in [9.17, 15) is 9.90 Å². The zero-order valence-corrected chi connectivity index (χ0v) is 16.7. The van der Waals surface area contributed by atoms with Crippen LogP contribution in [0.1, 0.15) is 77.3 Å². The number of aryl methyl sites for hydroxylation is 1. The number of ether oxygens (including phenoxy) is 2. The highest BCUT2D eigenvalue weighted by molar-refractivity contribution is 5.75. The van der Waals surface area contributed by atoms with Gasteiger partial charge in [-0.25, -0.2) is 0 Å². The van der Waals surface area contributed by atoms with E-state index >= 15 is 0 Å². The minimum atomic E-state index is -0.568. The molecule has 0 fully saturated rings. The fourth-order valence-corrected chi connectivity index (χ4v) is 3.29. The summed E-state index contributed by atoms with van der Waals surface area (Å²) in [5, 5.41) is 10.7. The van der Waals surface area contributed by atoms with E-state index in [1.165, 1.54) is 5.57 Å². The molecule has 1 N–H and O–H groups in total. The molecule has 1 aliphatic carbocycles. The molecule has 144 valence electrons. The number of aromatic hydroxyl groups is 1. The molecule has 1 aromatic carbocycles. The summed E-state index contributed by atoms with van der Waals surface area (Å²) >= 11 is 0. The summed E-state index contributed by atoms with van der Waals surface area (Å²) in [6.07, 6.45) is 7.25. The van der Waals surface area contributed by atoms with Gasteiger partial charge >= 0.3 is 5.97 Å². The van der Waals surface area contributed by atoms with E-state index in [1.54, 1.807) is 0 Å². The van der Waals surface area contributed by atoms with Crippen molar-refractivity contribution in [1.82, 2.24) is 0 Å². The highest BCUT2D eigenvalue weighted by atomic mass is 16.7. The molecule has 1 aliphatic rings. The summed E-state index contributed by atoms with van der Waals surface area (Å²) in [5.41, 5.74) is 2.60. The highest BCUT2D eigenvalue weighted by Gasteiger charge is 2.25. The quantitative estimate of drug-likeness (QED) is 0.414. The Bertz CT molecular complexity index is 667. The van der Waals surface area contributed by atoms with Crippen LogP contribution >= 0.6 is 0 Å². The van der Waals surface area contributed by atoms with Gasteiger partial charge in [0.15, 0.2) is 0 Å². The van der Waals surface area contributed by atoms with Crippen LogP contribution in [0.25, 0.3) is 0 Å². The number of phenols is 1. The molecule has 0 amide bonds. The zero-order valence-electron chi connectivity index (χ0n) is 16.7. The van der Waals surface area contributed by atoms with Crippen molar-refractivity contribution >= 4 is 5.97 Å². The molecule has 26 heavy (non-hydrogen) atoms. The number of carbonyl (C=O) groups is 1. The molecule has 0 bridgehead atoms. The molecular weight excluding hydrogens is 328 g/mol. The third-order valence-electron chi connectivity index (χ3n) is 4.68. The van der Waals surface area contributed by atoms with Gasteiger partial charge in [0.1, 0.15) is 11.5 Å². The van der Waals surface area contributed by atoms with Crippen LogP contribution in [0.4, 0.5) is 0 Å². The first-order valence-corrected chi connectivity index (χ1v) is 9.55. The number of hydrogen-bond acceptors (Lipinski definition) is 4. The molecule has 1 unspecified atom stereocenters. The van der Waals surface area contributed by atoms with Gasteiger partial charge in [-0.15, -0.1) is 0 Å². The number of rotatable bonds is 6. The topological polar surface area (TPSA) is 55.8 Å². The maximum atomic E-state index is 12.0. The largest absolute Gasteiger partial charge is 0.507 e. The molecule has 1 atom stereocenters. The van der Waals surface area contributed by atoms with Crippen LogP contribution in [0.15, 0.2) is 23.8 Å². The Labute approximate surface area is 157 Å². The third-order valence-corrected chi connectivity index (χ3v) is 4.68. The predicted octanol–water partition coefficient (Wildman–Crippen LogP) is 5.48. The fraction of sp³-hybridized carbons (Fsp3) is 0.591. The van der Waals surface area contributed by atoms with Crippen molar-refractivity contribution in [3.05, 3.63) is 34.9 Å². The molecule has 0 saturated carbocycles. The second-order valence-corrected chi connectivity index (χ2v) is 8.23. The molecule has 0 aromatic heterocycles. The molecule has 0 saturated heterocycles. The van der Waals surface area contributed by atoms with Crippen LogP contribution in [0.2, 0.25) is 0 Å². The highest BCUT2D eigenvalue weighted by Crippen LogP contribution is 2.42. The summed E-state index contributed by atoms with van der Waals surface area (Å²) in [6, 6.07) is 3.81. The third kappa shape index (κ3) is 5.26. The van der Waals surface area contributed by atoms with Gasteiger partial charge in [0.2, 0.25) is 6.79 Å². The molecule has 0 spiro atoms. The number of hydrogen-bond donors (Lipinski definition) is 1. The number of phenolic OH excluding ortho intramolecular Hbond substituents is 1. The van der Waals surface area contributed by atoms with Crippen LogP contribution in [-0.4, -0.2) is 17.9 Å². The summed E-state index contributed by atoms with van der Waals surface area (Å²) in [6.45, 7) is 9.51. The van der Waals surface area contributed by atoms with E-state index in [2.05, 4.69) is 19.9 Å². The monoisotopic (exact) mass is 360 g/mol. The van der Waals surface area contributed by atoms with Gasteiger partial charge < -0.3 is 14.6 Å². The van der Waals surface area contributed by atoms with Crippen molar-refractivity contribution in [2.45, 2.75) is 72.6 Å². The van der Waals surface area contributed by atoms with Crippen LogP contribution in [-0.2, 0) is 16.0 Å². The Morgan fingerprint density at radius 3 is 2.65 bits per heavy atom.